The second-order valence-electron chi connectivity index (χ2n) is 4.30. The summed E-state index contributed by atoms with van der Waals surface area (Å²) in [5.41, 5.74) is 6.50. The van der Waals surface area contributed by atoms with E-state index in [9.17, 15) is 8.42 Å². The van der Waals surface area contributed by atoms with Crippen LogP contribution >= 0.6 is 0 Å². The molecular formula is C13H19N3O2S. The van der Waals surface area contributed by atoms with Crippen molar-refractivity contribution in [3.05, 3.63) is 29.8 Å². The Kier molecular flexibility index (Phi) is 5.36. The largest absolute Gasteiger partial charge is 0.320 e. The molecule has 6 heteroatoms. The third-order valence-corrected chi connectivity index (χ3v) is 4.22. The van der Waals surface area contributed by atoms with Crippen LogP contribution in [0.3, 0.4) is 0 Å². The van der Waals surface area contributed by atoms with E-state index in [-0.39, 0.29) is 12.6 Å². The SMILES string of the molecule is CC(C)N(C)S(=O)(=O)Nc1cccc(C#CCN)c1. The van der Waals surface area contributed by atoms with Gasteiger partial charge in [-0.2, -0.15) is 12.7 Å². The van der Waals surface area contributed by atoms with Gasteiger partial charge in [0.15, 0.2) is 0 Å². The smallest absolute Gasteiger partial charge is 0.301 e. The van der Waals surface area contributed by atoms with E-state index >= 15 is 0 Å². The van der Waals surface area contributed by atoms with E-state index in [1.54, 1.807) is 24.3 Å². The van der Waals surface area contributed by atoms with Gasteiger partial charge in [-0.1, -0.05) is 17.9 Å². The maximum absolute atomic E-state index is 12.0. The van der Waals surface area contributed by atoms with Crippen molar-refractivity contribution in [1.82, 2.24) is 4.31 Å². The summed E-state index contributed by atoms with van der Waals surface area (Å²) in [6, 6.07) is 6.78. The third kappa shape index (κ3) is 4.56. The fourth-order valence-corrected chi connectivity index (χ4v) is 2.44. The van der Waals surface area contributed by atoms with Gasteiger partial charge in [-0.3, -0.25) is 4.72 Å². The average molecular weight is 281 g/mol. The second kappa shape index (κ2) is 6.57. The molecule has 1 aromatic carbocycles. The Morgan fingerprint density at radius 1 is 1.42 bits per heavy atom. The van der Waals surface area contributed by atoms with Gasteiger partial charge in [0.1, 0.15) is 0 Å². The van der Waals surface area contributed by atoms with Crippen molar-refractivity contribution in [2.45, 2.75) is 19.9 Å². The molecule has 0 aromatic heterocycles. The summed E-state index contributed by atoms with van der Waals surface area (Å²) >= 11 is 0. The third-order valence-electron chi connectivity index (χ3n) is 2.55. The van der Waals surface area contributed by atoms with Crippen LogP contribution in [-0.2, 0) is 10.2 Å². The lowest BCUT2D eigenvalue weighted by molar-refractivity contribution is 0.414. The Hall–Kier alpha value is -1.55. The first-order valence-corrected chi connectivity index (χ1v) is 7.35. The van der Waals surface area contributed by atoms with Crippen molar-refractivity contribution in [2.75, 3.05) is 18.3 Å². The van der Waals surface area contributed by atoms with Crippen molar-refractivity contribution < 1.29 is 8.42 Å². The summed E-state index contributed by atoms with van der Waals surface area (Å²) in [5.74, 6) is 5.58. The van der Waals surface area contributed by atoms with Crippen LogP contribution in [0, 0.1) is 11.8 Å². The monoisotopic (exact) mass is 281 g/mol. The molecule has 0 aliphatic carbocycles. The van der Waals surface area contributed by atoms with Crippen molar-refractivity contribution in [3.8, 4) is 11.8 Å². The highest BCUT2D eigenvalue weighted by Gasteiger charge is 2.20. The molecule has 104 valence electrons. The molecule has 5 nitrogen and oxygen atoms in total. The minimum Gasteiger partial charge on any atom is -0.320 e. The van der Waals surface area contributed by atoms with E-state index in [4.69, 9.17) is 5.73 Å². The molecule has 1 rings (SSSR count). The summed E-state index contributed by atoms with van der Waals surface area (Å²) < 4.78 is 27.8. The maximum atomic E-state index is 12.0. The first-order chi connectivity index (χ1) is 8.86. The Labute approximate surface area is 115 Å². The Bertz CT molecular complexity index is 585. The molecule has 0 radical (unpaired) electrons. The predicted molar refractivity (Wildman–Crippen MR) is 77.8 cm³/mol. The Balaban J connectivity index is 2.94. The molecule has 1 aromatic rings. The highest BCUT2D eigenvalue weighted by molar-refractivity contribution is 7.90. The number of nitrogens with one attached hydrogen (secondary N) is 1. The zero-order chi connectivity index (χ0) is 14.5. The van der Waals surface area contributed by atoms with Crippen LogP contribution in [0.5, 0.6) is 0 Å². The zero-order valence-corrected chi connectivity index (χ0v) is 12.2. The van der Waals surface area contributed by atoms with Gasteiger partial charge in [-0.15, -0.1) is 0 Å². The van der Waals surface area contributed by atoms with Crippen LogP contribution in [0.2, 0.25) is 0 Å². The standard InChI is InChI=1S/C13H19N3O2S/c1-11(2)16(3)19(17,18)15-13-8-4-6-12(10-13)7-5-9-14/h4,6,8,10-11,15H,9,14H2,1-3H3. The number of anilines is 1. The van der Waals surface area contributed by atoms with Crippen molar-refractivity contribution in [3.63, 3.8) is 0 Å². The van der Waals surface area contributed by atoms with Gasteiger partial charge < -0.3 is 5.73 Å². The summed E-state index contributed by atoms with van der Waals surface area (Å²) in [4.78, 5) is 0. The molecule has 0 bridgehead atoms. The average Bonchev–Trinajstić information content (AvgIpc) is 2.35. The topological polar surface area (TPSA) is 75.4 Å². The first kappa shape index (κ1) is 15.5. The molecule has 0 heterocycles. The van der Waals surface area contributed by atoms with Gasteiger partial charge in [0, 0.05) is 18.7 Å². The minimum atomic E-state index is -3.54. The molecule has 0 unspecified atom stereocenters. The lowest BCUT2D eigenvalue weighted by Gasteiger charge is -2.21. The lowest BCUT2D eigenvalue weighted by atomic mass is 10.2. The van der Waals surface area contributed by atoms with E-state index in [1.807, 2.05) is 13.8 Å². The van der Waals surface area contributed by atoms with E-state index in [0.717, 1.165) is 5.56 Å². The minimum absolute atomic E-state index is 0.113. The van der Waals surface area contributed by atoms with Gasteiger partial charge in [-0.05, 0) is 32.0 Å². The molecule has 19 heavy (non-hydrogen) atoms. The Morgan fingerprint density at radius 2 is 2.11 bits per heavy atom. The number of hydrogen-bond acceptors (Lipinski definition) is 3. The van der Waals surface area contributed by atoms with Crippen LogP contribution < -0.4 is 10.5 Å². The zero-order valence-electron chi connectivity index (χ0n) is 11.3. The van der Waals surface area contributed by atoms with Gasteiger partial charge in [0.2, 0.25) is 0 Å². The maximum Gasteiger partial charge on any atom is 0.301 e. The molecule has 0 fully saturated rings. The van der Waals surface area contributed by atoms with E-state index in [0.29, 0.717) is 5.69 Å². The molecule has 0 saturated carbocycles. The summed E-state index contributed by atoms with van der Waals surface area (Å²) in [6.45, 7) is 3.89. The number of nitrogens with two attached hydrogens (primary N) is 1. The summed E-state index contributed by atoms with van der Waals surface area (Å²) in [5, 5.41) is 0. The van der Waals surface area contributed by atoms with Gasteiger partial charge in [-0.25, -0.2) is 0 Å². The number of benzene rings is 1. The van der Waals surface area contributed by atoms with Crippen LogP contribution in [0.25, 0.3) is 0 Å². The fraction of sp³-hybridized carbons (Fsp3) is 0.385. The van der Waals surface area contributed by atoms with Crippen LogP contribution in [0.1, 0.15) is 19.4 Å². The number of rotatable bonds is 4. The van der Waals surface area contributed by atoms with Gasteiger partial charge >= 0.3 is 10.2 Å². The Morgan fingerprint density at radius 3 is 2.68 bits per heavy atom. The molecule has 3 N–H and O–H groups in total. The van der Waals surface area contributed by atoms with E-state index in [2.05, 4.69) is 16.6 Å². The quantitative estimate of drug-likeness (QED) is 0.808. The van der Waals surface area contributed by atoms with E-state index < -0.39 is 10.2 Å². The molecular weight excluding hydrogens is 262 g/mol. The van der Waals surface area contributed by atoms with Gasteiger partial charge in [0.25, 0.3) is 0 Å². The molecule has 0 amide bonds. The number of hydrogen-bond donors (Lipinski definition) is 2. The highest BCUT2D eigenvalue weighted by Crippen LogP contribution is 2.14. The number of nitrogens with zero attached hydrogens (tertiary/aromatic N) is 1. The second-order valence-corrected chi connectivity index (χ2v) is 6.03. The normalized spacial score (nSPS) is 11.3. The summed E-state index contributed by atoms with van der Waals surface area (Å²) in [6.07, 6.45) is 0. The molecule has 0 aliphatic heterocycles. The molecule has 0 atom stereocenters. The molecule has 0 spiro atoms. The fourth-order valence-electron chi connectivity index (χ4n) is 1.31. The van der Waals surface area contributed by atoms with Gasteiger partial charge in [0.05, 0.1) is 12.2 Å². The summed E-state index contributed by atoms with van der Waals surface area (Å²) in [7, 11) is -2.01. The van der Waals surface area contributed by atoms with Crippen molar-refractivity contribution in [1.29, 1.82) is 0 Å². The molecule has 0 aliphatic rings. The van der Waals surface area contributed by atoms with Crippen LogP contribution in [0.4, 0.5) is 5.69 Å². The van der Waals surface area contributed by atoms with Crippen molar-refractivity contribution in [2.24, 2.45) is 5.73 Å². The van der Waals surface area contributed by atoms with Crippen molar-refractivity contribution >= 4 is 15.9 Å². The van der Waals surface area contributed by atoms with Crippen LogP contribution in [-0.4, -0.2) is 32.4 Å². The lowest BCUT2D eigenvalue weighted by Crippen LogP contribution is -2.37. The first-order valence-electron chi connectivity index (χ1n) is 5.91. The van der Waals surface area contributed by atoms with Crippen LogP contribution in [0.15, 0.2) is 24.3 Å². The molecule has 0 saturated heterocycles. The van der Waals surface area contributed by atoms with E-state index in [1.165, 1.54) is 11.4 Å². The predicted octanol–water partition coefficient (Wildman–Crippen LogP) is 0.994. The highest BCUT2D eigenvalue weighted by atomic mass is 32.2.